The number of ether oxygens (including phenoxy) is 1. The van der Waals surface area contributed by atoms with E-state index in [9.17, 15) is 0 Å². The molecule has 0 aromatic carbocycles. The molecule has 0 amide bonds. The number of aromatic nitrogens is 2. The fraction of sp³-hybridized carbons (Fsp3) is 0.636. The van der Waals surface area contributed by atoms with Gasteiger partial charge in [0.05, 0.1) is 6.10 Å². The van der Waals surface area contributed by atoms with Crippen molar-refractivity contribution < 1.29 is 4.74 Å². The lowest BCUT2D eigenvalue weighted by atomic mass is 10.2. The van der Waals surface area contributed by atoms with Crippen LogP contribution in [-0.4, -0.2) is 29.2 Å². The van der Waals surface area contributed by atoms with E-state index in [2.05, 4.69) is 15.3 Å². The summed E-state index contributed by atoms with van der Waals surface area (Å²) in [5.41, 5.74) is 1.14. The first-order valence-electron chi connectivity index (χ1n) is 5.38. The van der Waals surface area contributed by atoms with E-state index in [1.807, 2.05) is 12.4 Å². The molecule has 0 radical (unpaired) electrons. The zero-order valence-electron chi connectivity index (χ0n) is 9.02. The number of methoxy groups -OCH3 is 1. The third-order valence-corrected chi connectivity index (χ3v) is 2.93. The Labute approximate surface area is 90.1 Å². The summed E-state index contributed by atoms with van der Waals surface area (Å²) >= 11 is 0. The Hall–Kier alpha value is -1.00. The van der Waals surface area contributed by atoms with E-state index < -0.39 is 0 Å². The molecule has 0 bridgehead atoms. The first kappa shape index (κ1) is 10.5. The monoisotopic (exact) mass is 207 g/mol. The van der Waals surface area contributed by atoms with Crippen LogP contribution < -0.4 is 5.32 Å². The van der Waals surface area contributed by atoms with Crippen molar-refractivity contribution in [3.05, 3.63) is 24.3 Å². The van der Waals surface area contributed by atoms with Crippen LogP contribution in [-0.2, 0) is 11.3 Å². The third-order valence-electron chi connectivity index (χ3n) is 2.93. The lowest BCUT2D eigenvalue weighted by molar-refractivity contribution is 0.107. The van der Waals surface area contributed by atoms with Gasteiger partial charge in [0.15, 0.2) is 0 Å². The Morgan fingerprint density at radius 2 is 2.20 bits per heavy atom. The Morgan fingerprint density at radius 1 is 1.40 bits per heavy atom. The van der Waals surface area contributed by atoms with E-state index >= 15 is 0 Å². The second-order valence-electron chi connectivity index (χ2n) is 4.00. The molecule has 1 heterocycles. The van der Waals surface area contributed by atoms with Crippen molar-refractivity contribution in [1.82, 2.24) is 15.3 Å². The topological polar surface area (TPSA) is 47.0 Å². The molecule has 0 aliphatic heterocycles. The number of nitrogens with one attached hydrogen (secondary N) is 1. The molecule has 0 spiro atoms. The van der Waals surface area contributed by atoms with Crippen LogP contribution in [0.2, 0.25) is 0 Å². The maximum absolute atomic E-state index is 5.33. The molecule has 4 nitrogen and oxygen atoms in total. The third kappa shape index (κ3) is 2.97. The molecule has 82 valence electrons. The molecular weight excluding hydrogens is 190 g/mol. The van der Waals surface area contributed by atoms with Gasteiger partial charge >= 0.3 is 0 Å². The minimum atomic E-state index is 0.439. The minimum absolute atomic E-state index is 0.439. The maximum Gasteiger partial charge on any atom is 0.115 e. The van der Waals surface area contributed by atoms with Crippen LogP contribution in [0.15, 0.2) is 18.7 Å². The number of rotatable bonds is 4. The van der Waals surface area contributed by atoms with Gasteiger partial charge in [-0.2, -0.15) is 0 Å². The van der Waals surface area contributed by atoms with Crippen LogP contribution in [0, 0.1) is 0 Å². The minimum Gasteiger partial charge on any atom is -0.381 e. The molecule has 4 heteroatoms. The second-order valence-corrected chi connectivity index (χ2v) is 4.00. The Bertz CT molecular complexity index is 291. The molecule has 1 aliphatic rings. The molecule has 2 atom stereocenters. The number of hydrogen-bond donors (Lipinski definition) is 1. The number of nitrogens with zero attached hydrogens (tertiary/aromatic N) is 2. The van der Waals surface area contributed by atoms with E-state index in [0.717, 1.165) is 18.5 Å². The Balaban J connectivity index is 1.75. The largest absolute Gasteiger partial charge is 0.381 e. The zero-order chi connectivity index (χ0) is 10.5. The van der Waals surface area contributed by atoms with Gasteiger partial charge in [0.2, 0.25) is 0 Å². The molecule has 1 saturated carbocycles. The lowest BCUT2D eigenvalue weighted by Gasteiger charge is -2.12. The van der Waals surface area contributed by atoms with E-state index in [0.29, 0.717) is 12.1 Å². The summed E-state index contributed by atoms with van der Waals surface area (Å²) in [7, 11) is 1.79. The predicted octanol–water partition coefficient (Wildman–Crippen LogP) is 1.13. The highest BCUT2D eigenvalue weighted by Gasteiger charge is 2.23. The Kier molecular flexibility index (Phi) is 3.64. The summed E-state index contributed by atoms with van der Waals surface area (Å²) in [6, 6.07) is 0.579. The molecule has 0 saturated heterocycles. The van der Waals surface area contributed by atoms with Crippen molar-refractivity contribution in [3.8, 4) is 0 Å². The van der Waals surface area contributed by atoms with E-state index in [1.54, 1.807) is 13.4 Å². The molecule has 2 unspecified atom stereocenters. The summed E-state index contributed by atoms with van der Waals surface area (Å²) < 4.78 is 5.33. The lowest BCUT2D eigenvalue weighted by Crippen LogP contribution is -2.26. The molecule has 1 aromatic heterocycles. The highest BCUT2D eigenvalue weighted by molar-refractivity contribution is 5.02. The van der Waals surface area contributed by atoms with Gasteiger partial charge in [-0.05, 0) is 19.3 Å². The summed E-state index contributed by atoms with van der Waals surface area (Å²) in [6.07, 6.45) is 9.18. The molecular formula is C11H17N3O. The first-order valence-corrected chi connectivity index (χ1v) is 5.38. The Morgan fingerprint density at radius 3 is 2.87 bits per heavy atom. The van der Waals surface area contributed by atoms with E-state index in [4.69, 9.17) is 4.74 Å². The average molecular weight is 207 g/mol. The van der Waals surface area contributed by atoms with Crippen LogP contribution in [0.25, 0.3) is 0 Å². The van der Waals surface area contributed by atoms with E-state index in [-0.39, 0.29) is 0 Å². The van der Waals surface area contributed by atoms with Gasteiger partial charge in [0.1, 0.15) is 6.33 Å². The van der Waals surface area contributed by atoms with Gasteiger partial charge in [-0.3, -0.25) is 0 Å². The van der Waals surface area contributed by atoms with Gasteiger partial charge in [-0.25, -0.2) is 9.97 Å². The molecule has 1 fully saturated rings. The molecule has 1 aromatic rings. The standard InChI is InChI=1S/C11H17N3O/c1-15-11-3-2-10(4-11)14-7-9-5-12-8-13-6-9/h5-6,8,10-11,14H,2-4,7H2,1H3. The summed E-state index contributed by atoms with van der Waals surface area (Å²) in [6.45, 7) is 0.849. The van der Waals surface area contributed by atoms with Gasteiger partial charge in [0.25, 0.3) is 0 Å². The first-order chi connectivity index (χ1) is 7.38. The fourth-order valence-corrected chi connectivity index (χ4v) is 2.02. The van der Waals surface area contributed by atoms with Crippen molar-refractivity contribution in [2.75, 3.05) is 7.11 Å². The highest BCUT2D eigenvalue weighted by atomic mass is 16.5. The van der Waals surface area contributed by atoms with Crippen molar-refractivity contribution in [2.24, 2.45) is 0 Å². The van der Waals surface area contributed by atoms with Crippen LogP contribution in [0.3, 0.4) is 0 Å². The van der Waals surface area contributed by atoms with E-state index in [1.165, 1.54) is 12.8 Å². The SMILES string of the molecule is COC1CCC(NCc2cncnc2)C1. The molecule has 1 aliphatic carbocycles. The quantitative estimate of drug-likeness (QED) is 0.804. The summed E-state index contributed by atoms with van der Waals surface area (Å²) in [4.78, 5) is 7.97. The van der Waals surface area contributed by atoms with Gasteiger partial charge in [-0.15, -0.1) is 0 Å². The molecule has 1 N–H and O–H groups in total. The highest BCUT2D eigenvalue weighted by Crippen LogP contribution is 2.21. The average Bonchev–Trinajstić information content (AvgIpc) is 2.76. The van der Waals surface area contributed by atoms with Crippen LogP contribution >= 0.6 is 0 Å². The van der Waals surface area contributed by atoms with Crippen LogP contribution in [0.1, 0.15) is 24.8 Å². The fourth-order valence-electron chi connectivity index (χ4n) is 2.02. The van der Waals surface area contributed by atoms with Gasteiger partial charge < -0.3 is 10.1 Å². The smallest absolute Gasteiger partial charge is 0.115 e. The van der Waals surface area contributed by atoms with Crippen molar-refractivity contribution in [2.45, 2.75) is 38.0 Å². The normalized spacial score (nSPS) is 25.7. The number of hydrogen-bond acceptors (Lipinski definition) is 4. The zero-order valence-corrected chi connectivity index (χ0v) is 9.02. The van der Waals surface area contributed by atoms with Crippen molar-refractivity contribution in [3.63, 3.8) is 0 Å². The second kappa shape index (κ2) is 5.19. The van der Waals surface area contributed by atoms with Gasteiger partial charge in [-0.1, -0.05) is 0 Å². The van der Waals surface area contributed by atoms with Crippen molar-refractivity contribution in [1.29, 1.82) is 0 Å². The van der Waals surface area contributed by atoms with Crippen LogP contribution in [0.5, 0.6) is 0 Å². The maximum atomic E-state index is 5.33. The summed E-state index contributed by atoms with van der Waals surface area (Å²) in [5, 5.41) is 3.50. The summed E-state index contributed by atoms with van der Waals surface area (Å²) in [5.74, 6) is 0. The van der Waals surface area contributed by atoms with Crippen molar-refractivity contribution >= 4 is 0 Å². The van der Waals surface area contributed by atoms with Gasteiger partial charge in [0, 0.05) is 37.7 Å². The molecule has 15 heavy (non-hydrogen) atoms. The predicted molar refractivity (Wildman–Crippen MR) is 57.3 cm³/mol. The molecule has 2 rings (SSSR count). The van der Waals surface area contributed by atoms with Crippen LogP contribution in [0.4, 0.5) is 0 Å².